The zero-order chi connectivity index (χ0) is 11.6. The summed E-state index contributed by atoms with van der Waals surface area (Å²) in [7, 11) is 0. The van der Waals surface area contributed by atoms with Gasteiger partial charge in [-0.1, -0.05) is 20.8 Å². The van der Waals surface area contributed by atoms with Crippen molar-refractivity contribution in [2.24, 2.45) is 11.1 Å². The van der Waals surface area contributed by atoms with E-state index in [1.807, 2.05) is 20.8 Å². The van der Waals surface area contributed by atoms with Gasteiger partial charge in [0.25, 0.3) is 0 Å². The molecule has 0 amide bonds. The van der Waals surface area contributed by atoms with Crippen LogP contribution in [0.3, 0.4) is 0 Å². The molecule has 0 radical (unpaired) electrons. The maximum atomic E-state index is 11.5. The number of halogens is 1. The second-order valence-corrected chi connectivity index (χ2v) is 5.90. The van der Waals surface area contributed by atoms with E-state index in [1.54, 1.807) is 0 Å². The molecule has 0 heterocycles. The van der Waals surface area contributed by atoms with Crippen molar-refractivity contribution in [3.8, 4) is 0 Å². The molecule has 0 saturated carbocycles. The zero-order valence-corrected chi connectivity index (χ0v) is 11.4. The molecule has 0 fully saturated rings. The first-order valence-electron chi connectivity index (χ1n) is 5.00. The predicted octanol–water partition coefficient (Wildman–Crippen LogP) is 2.51. The SMILES string of the molecule is CC(C)(C)C[C@H](N)C(=O)OC(C)(C)C.Cl. The average molecular weight is 238 g/mol. The van der Waals surface area contributed by atoms with Crippen LogP contribution in [0.2, 0.25) is 0 Å². The number of hydrogen-bond donors (Lipinski definition) is 1. The maximum absolute atomic E-state index is 11.5. The van der Waals surface area contributed by atoms with E-state index in [-0.39, 0.29) is 23.8 Å². The third kappa shape index (κ3) is 10.0. The van der Waals surface area contributed by atoms with Crippen LogP contribution < -0.4 is 5.73 Å². The van der Waals surface area contributed by atoms with Crippen molar-refractivity contribution in [2.75, 3.05) is 0 Å². The molecule has 0 rings (SSSR count). The van der Waals surface area contributed by atoms with Crippen LogP contribution in [0, 0.1) is 5.41 Å². The van der Waals surface area contributed by atoms with Crippen molar-refractivity contribution in [1.29, 1.82) is 0 Å². The van der Waals surface area contributed by atoms with Gasteiger partial charge in [0.05, 0.1) is 0 Å². The smallest absolute Gasteiger partial charge is 0.323 e. The quantitative estimate of drug-likeness (QED) is 0.751. The first kappa shape index (κ1) is 17.1. The van der Waals surface area contributed by atoms with E-state index < -0.39 is 11.6 Å². The van der Waals surface area contributed by atoms with Crippen molar-refractivity contribution in [2.45, 2.75) is 59.6 Å². The maximum Gasteiger partial charge on any atom is 0.323 e. The zero-order valence-electron chi connectivity index (χ0n) is 10.6. The van der Waals surface area contributed by atoms with Gasteiger partial charge in [-0.2, -0.15) is 0 Å². The fourth-order valence-corrected chi connectivity index (χ4v) is 1.12. The number of nitrogens with two attached hydrogens (primary N) is 1. The summed E-state index contributed by atoms with van der Waals surface area (Å²) >= 11 is 0. The van der Waals surface area contributed by atoms with Crippen LogP contribution in [0.25, 0.3) is 0 Å². The van der Waals surface area contributed by atoms with Gasteiger partial charge in [-0.05, 0) is 32.6 Å². The summed E-state index contributed by atoms with van der Waals surface area (Å²) in [4.78, 5) is 11.5. The van der Waals surface area contributed by atoms with Crippen LogP contribution >= 0.6 is 12.4 Å². The summed E-state index contributed by atoms with van der Waals surface area (Å²) in [6, 6.07) is -0.519. The Hall–Kier alpha value is -0.280. The van der Waals surface area contributed by atoms with Gasteiger partial charge in [-0.25, -0.2) is 0 Å². The van der Waals surface area contributed by atoms with Gasteiger partial charge in [-0.15, -0.1) is 12.4 Å². The highest BCUT2D eigenvalue weighted by Crippen LogP contribution is 2.21. The van der Waals surface area contributed by atoms with E-state index in [2.05, 4.69) is 20.8 Å². The lowest BCUT2D eigenvalue weighted by atomic mass is 9.88. The summed E-state index contributed by atoms with van der Waals surface area (Å²) < 4.78 is 5.18. The van der Waals surface area contributed by atoms with E-state index in [4.69, 9.17) is 10.5 Å². The Kier molecular flexibility index (Phi) is 6.52. The molecule has 0 aliphatic rings. The lowest BCUT2D eigenvalue weighted by molar-refractivity contribution is -0.157. The fraction of sp³-hybridized carbons (Fsp3) is 0.909. The number of esters is 1. The van der Waals surface area contributed by atoms with Crippen molar-refractivity contribution in [1.82, 2.24) is 0 Å². The lowest BCUT2D eigenvalue weighted by Crippen LogP contribution is -2.39. The second kappa shape index (κ2) is 5.71. The summed E-state index contributed by atoms with van der Waals surface area (Å²) in [5.74, 6) is -0.313. The third-order valence-electron chi connectivity index (χ3n) is 1.54. The molecule has 0 aliphatic heterocycles. The molecular weight excluding hydrogens is 214 g/mol. The normalized spacial score (nSPS) is 14.1. The molecule has 0 aromatic carbocycles. The number of ether oxygens (including phenoxy) is 1. The highest BCUT2D eigenvalue weighted by atomic mass is 35.5. The molecule has 15 heavy (non-hydrogen) atoms. The average Bonchev–Trinajstić information content (AvgIpc) is 1.78. The van der Waals surface area contributed by atoms with Crippen LogP contribution in [-0.4, -0.2) is 17.6 Å². The van der Waals surface area contributed by atoms with Crippen LogP contribution in [0.1, 0.15) is 48.0 Å². The molecule has 4 heteroatoms. The topological polar surface area (TPSA) is 52.3 Å². The van der Waals surface area contributed by atoms with Gasteiger partial charge in [0, 0.05) is 0 Å². The highest BCUT2D eigenvalue weighted by molar-refractivity contribution is 5.85. The van der Waals surface area contributed by atoms with E-state index in [0.29, 0.717) is 6.42 Å². The summed E-state index contributed by atoms with van der Waals surface area (Å²) in [5.41, 5.74) is 5.34. The van der Waals surface area contributed by atoms with Gasteiger partial charge >= 0.3 is 5.97 Å². The summed E-state index contributed by atoms with van der Waals surface area (Å²) in [6.07, 6.45) is 0.641. The van der Waals surface area contributed by atoms with Crippen LogP contribution in [-0.2, 0) is 9.53 Å². The molecule has 0 bridgehead atoms. The van der Waals surface area contributed by atoms with E-state index in [9.17, 15) is 4.79 Å². The first-order valence-corrected chi connectivity index (χ1v) is 5.00. The van der Waals surface area contributed by atoms with E-state index in [1.165, 1.54) is 0 Å². The van der Waals surface area contributed by atoms with Crippen molar-refractivity contribution in [3.05, 3.63) is 0 Å². The van der Waals surface area contributed by atoms with E-state index >= 15 is 0 Å². The Bertz CT molecular complexity index is 204. The lowest BCUT2D eigenvalue weighted by Gasteiger charge is -2.26. The Morgan fingerprint density at radius 2 is 1.60 bits per heavy atom. The monoisotopic (exact) mass is 237 g/mol. The number of rotatable bonds is 2. The molecule has 2 N–H and O–H groups in total. The van der Waals surface area contributed by atoms with Gasteiger partial charge in [-0.3, -0.25) is 4.79 Å². The summed E-state index contributed by atoms with van der Waals surface area (Å²) in [5, 5.41) is 0. The van der Waals surface area contributed by atoms with Gasteiger partial charge in [0.15, 0.2) is 0 Å². The molecular formula is C11H24ClNO2. The minimum absolute atomic E-state index is 0. The molecule has 1 atom stereocenters. The minimum atomic E-state index is -0.519. The minimum Gasteiger partial charge on any atom is -0.459 e. The molecule has 0 spiro atoms. The fourth-order valence-electron chi connectivity index (χ4n) is 1.12. The molecule has 0 saturated heterocycles. The van der Waals surface area contributed by atoms with Crippen molar-refractivity contribution >= 4 is 18.4 Å². The molecule has 3 nitrogen and oxygen atoms in total. The van der Waals surface area contributed by atoms with Gasteiger partial charge < -0.3 is 10.5 Å². The largest absolute Gasteiger partial charge is 0.459 e. The predicted molar refractivity (Wildman–Crippen MR) is 65.1 cm³/mol. The van der Waals surface area contributed by atoms with Crippen LogP contribution in [0.15, 0.2) is 0 Å². The van der Waals surface area contributed by atoms with Crippen LogP contribution in [0.4, 0.5) is 0 Å². The van der Waals surface area contributed by atoms with Crippen molar-refractivity contribution < 1.29 is 9.53 Å². The Morgan fingerprint density at radius 3 is 1.87 bits per heavy atom. The number of carbonyl (C=O) groups is 1. The third-order valence-corrected chi connectivity index (χ3v) is 1.54. The Labute approximate surface area is 99.2 Å². The number of hydrogen-bond acceptors (Lipinski definition) is 3. The molecule has 0 unspecified atom stereocenters. The Morgan fingerprint density at radius 1 is 1.20 bits per heavy atom. The summed E-state index contributed by atoms with van der Waals surface area (Å²) in [6.45, 7) is 11.7. The van der Waals surface area contributed by atoms with Crippen molar-refractivity contribution in [3.63, 3.8) is 0 Å². The van der Waals surface area contributed by atoms with Crippen LogP contribution in [0.5, 0.6) is 0 Å². The molecule has 0 aromatic rings. The highest BCUT2D eigenvalue weighted by Gasteiger charge is 2.25. The molecule has 0 aromatic heterocycles. The van der Waals surface area contributed by atoms with E-state index in [0.717, 1.165) is 0 Å². The molecule has 0 aliphatic carbocycles. The second-order valence-electron chi connectivity index (χ2n) is 5.90. The van der Waals surface area contributed by atoms with Gasteiger partial charge in [0.1, 0.15) is 11.6 Å². The number of carbonyl (C=O) groups excluding carboxylic acids is 1. The standard InChI is InChI=1S/C11H23NO2.ClH/c1-10(2,3)7-8(12)9(13)14-11(4,5)6;/h8H,7,12H2,1-6H3;1H/t8-;/m0./s1. The van der Waals surface area contributed by atoms with Gasteiger partial charge in [0.2, 0.25) is 0 Å². The first-order chi connectivity index (χ1) is 6.01. The molecule has 92 valence electrons. The Balaban J connectivity index is 0.